The Morgan fingerprint density at radius 2 is 1.78 bits per heavy atom. The Bertz CT molecular complexity index is 566. The van der Waals surface area contributed by atoms with Gasteiger partial charge < -0.3 is 5.73 Å². The Morgan fingerprint density at radius 1 is 1.06 bits per heavy atom. The van der Waals surface area contributed by atoms with Crippen LogP contribution in [-0.4, -0.2) is 5.78 Å². The first-order chi connectivity index (χ1) is 8.69. The van der Waals surface area contributed by atoms with E-state index in [9.17, 15) is 4.79 Å². The van der Waals surface area contributed by atoms with Crippen LogP contribution in [0.15, 0.2) is 48.5 Å². The molecule has 2 N–H and O–H groups in total. The predicted molar refractivity (Wildman–Crippen MR) is 73.8 cm³/mol. The molecule has 0 spiro atoms. The van der Waals surface area contributed by atoms with Gasteiger partial charge in [-0.3, -0.25) is 4.79 Å². The molecule has 0 bridgehead atoms. The zero-order valence-electron chi connectivity index (χ0n) is 9.90. The van der Waals surface area contributed by atoms with E-state index in [1.807, 2.05) is 42.5 Å². The van der Waals surface area contributed by atoms with E-state index in [-0.39, 0.29) is 5.78 Å². The topological polar surface area (TPSA) is 43.1 Å². The maximum atomic E-state index is 12.1. The first kappa shape index (κ1) is 12.8. The van der Waals surface area contributed by atoms with Crippen LogP contribution in [0.5, 0.6) is 0 Å². The first-order valence-electron chi connectivity index (χ1n) is 5.75. The zero-order valence-corrected chi connectivity index (χ0v) is 10.7. The fourth-order valence-electron chi connectivity index (χ4n) is 1.81. The molecule has 2 rings (SSSR count). The number of hydrogen-bond donors (Lipinski definition) is 1. The van der Waals surface area contributed by atoms with Crippen molar-refractivity contribution < 1.29 is 4.79 Å². The number of carbonyl (C=O) groups is 1. The fourth-order valence-corrected chi connectivity index (χ4v) is 2.02. The smallest absolute Gasteiger partial charge is 0.167 e. The molecule has 3 heteroatoms. The predicted octanol–water partition coefficient (Wildman–Crippen LogP) is 3.22. The minimum absolute atomic E-state index is 0.0765. The second kappa shape index (κ2) is 5.80. The van der Waals surface area contributed by atoms with Crippen LogP contribution in [0.4, 0.5) is 0 Å². The van der Waals surface area contributed by atoms with Crippen molar-refractivity contribution in [2.24, 2.45) is 5.73 Å². The van der Waals surface area contributed by atoms with Crippen molar-refractivity contribution in [1.82, 2.24) is 0 Å². The number of benzene rings is 2. The van der Waals surface area contributed by atoms with Gasteiger partial charge in [0.25, 0.3) is 0 Å². The van der Waals surface area contributed by atoms with Gasteiger partial charge in [-0.25, -0.2) is 0 Å². The van der Waals surface area contributed by atoms with Crippen LogP contribution in [0.1, 0.15) is 21.5 Å². The van der Waals surface area contributed by atoms with Gasteiger partial charge in [0.1, 0.15) is 0 Å². The summed E-state index contributed by atoms with van der Waals surface area (Å²) in [6, 6.07) is 14.8. The summed E-state index contributed by atoms with van der Waals surface area (Å²) in [5.74, 6) is 0.0765. The molecule has 0 saturated carbocycles. The Kier molecular flexibility index (Phi) is 4.13. The summed E-state index contributed by atoms with van der Waals surface area (Å²) in [5, 5.41) is 0.649. The third-order valence-corrected chi connectivity index (χ3v) is 2.97. The van der Waals surface area contributed by atoms with Crippen molar-refractivity contribution in [3.05, 3.63) is 70.2 Å². The Balaban J connectivity index is 2.16. The van der Waals surface area contributed by atoms with Crippen LogP contribution < -0.4 is 5.73 Å². The number of hydrogen-bond acceptors (Lipinski definition) is 2. The first-order valence-corrected chi connectivity index (χ1v) is 6.13. The van der Waals surface area contributed by atoms with Crippen molar-refractivity contribution >= 4 is 17.4 Å². The molecule has 0 heterocycles. The van der Waals surface area contributed by atoms with Crippen LogP contribution in [-0.2, 0) is 13.0 Å². The van der Waals surface area contributed by atoms with Gasteiger partial charge in [-0.05, 0) is 29.3 Å². The van der Waals surface area contributed by atoms with Gasteiger partial charge in [-0.15, -0.1) is 0 Å². The van der Waals surface area contributed by atoms with Crippen molar-refractivity contribution in [3.8, 4) is 0 Å². The van der Waals surface area contributed by atoms with Crippen LogP contribution in [0.2, 0.25) is 5.02 Å². The van der Waals surface area contributed by atoms with Gasteiger partial charge in [0, 0.05) is 23.6 Å². The molecular formula is C15H14ClNO. The molecule has 0 aliphatic rings. The molecule has 0 aliphatic carbocycles. The van der Waals surface area contributed by atoms with Crippen molar-refractivity contribution in [2.45, 2.75) is 13.0 Å². The van der Waals surface area contributed by atoms with Gasteiger partial charge in [0.05, 0.1) is 0 Å². The van der Waals surface area contributed by atoms with E-state index in [4.69, 9.17) is 17.3 Å². The minimum Gasteiger partial charge on any atom is -0.326 e. The van der Waals surface area contributed by atoms with Crippen LogP contribution in [0, 0.1) is 0 Å². The zero-order chi connectivity index (χ0) is 13.0. The summed E-state index contributed by atoms with van der Waals surface area (Å²) < 4.78 is 0. The lowest BCUT2D eigenvalue weighted by atomic mass is 10.0. The molecule has 0 saturated heterocycles. The van der Waals surface area contributed by atoms with E-state index in [1.165, 1.54) is 0 Å². The summed E-state index contributed by atoms with van der Waals surface area (Å²) in [6.45, 7) is 0.443. The lowest BCUT2D eigenvalue weighted by molar-refractivity contribution is 0.0993. The van der Waals surface area contributed by atoms with Crippen LogP contribution >= 0.6 is 11.6 Å². The average Bonchev–Trinajstić information content (AvgIpc) is 2.39. The number of nitrogens with two attached hydrogens (primary N) is 1. The van der Waals surface area contributed by atoms with Crippen molar-refractivity contribution in [2.75, 3.05) is 0 Å². The minimum atomic E-state index is 0.0765. The molecule has 0 atom stereocenters. The van der Waals surface area contributed by atoms with Crippen molar-refractivity contribution in [1.29, 1.82) is 0 Å². The number of carbonyl (C=O) groups excluding carboxylic acids is 1. The monoisotopic (exact) mass is 259 g/mol. The molecule has 0 radical (unpaired) electrons. The molecule has 0 amide bonds. The van der Waals surface area contributed by atoms with Crippen LogP contribution in [0.25, 0.3) is 0 Å². The molecule has 2 aromatic carbocycles. The second-order valence-electron chi connectivity index (χ2n) is 4.13. The van der Waals surface area contributed by atoms with Gasteiger partial charge in [0.15, 0.2) is 5.78 Å². The normalized spacial score (nSPS) is 10.3. The summed E-state index contributed by atoms with van der Waals surface area (Å²) >= 11 is 5.89. The van der Waals surface area contributed by atoms with Gasteiger partial charge in [-0.2, -0.15) is 0 Å². The molecule has 0 fully saturated rings. The molecule has 2 nitrogen and oxygen atoms in total. The maximum Gasteiger partial charge on any atom is 0.167 e. The standard InChI is InChI=1S/C15H14ClNO/c16-14-6-2-3-11(8-14)9-15(18)13-5-1-4-12(7-13)10-17/h1-8H,9-10,17H2. The highest BCUT2D eigenvalue weighted by atomic mass is 35.5. The SMILES string of the molecule is NCc1cccc(C(=O)Cc2cccc(Cl)c2)c1. The largest absolute Gasteiger partial charge is 0.326 e. The number of halogens is 1. The van der Waals surface area contributed by atoms with Gasteiger partial charge >= 0.3 is 0 Å². The summed E-state index contributed by atoms with van der Waals surface area (Å²) in [5.41, 5.74) is 8.14. The Hall–Kier alpha value is -1.64. The molecule has 2 aromatic rings. The quantitative estimate of drug-likeness (QED) is 0.857. The highest BCUT2D eigenvalue weighted by Gasteiger charge is 2.07. The molecular weight excluding hydrogens is 246 g/mol. The molecule has 92 valence electrons. The van der Waals surface area contributed by atoms with E-state index < -0.39 is 0 Å². The average molecular weight is 260 g/mol. The summed E-state index contributed by atoms with van der Waals surface area (Å²) in [6.07, 6.45) is 0.356. The van der Waals surface area contributed by atoms with E-state index in [2.05, 4.69) is 0 Å². The summed E-state index contributed by atoms with van der Waals surface area (Å²) in [4.78, 5) is 12.1. The molecule has 0 aromatic heterocycles. The summed E-state index contributed by atoms with van der Waals surface area (Å²) in [7, 11) is 0. The Morgan fingerprint density at radius 3 is 2.50 bits per heavy atom. The van der Waals surface area contributed by atoms with Gasteiger partial charge in [0.2, 0.25) is 0 Å². The lowest BCUT2D eigenvalue weighted by Crippen LogP contribution is -2.05. The van der Waals surface area contributed by atoms with E-state index in [0.717, 1.165) is 11.1 Å². The van der Waals surface area contributed by atoms with Crippen molar-refractivity contribution in [3.63, 3.8) is 0 Å². The number of rotatable bonds is 4. The molecule has 0 aliphatic heterocycles. The van der Waals surface area contributed by atoms with E-state index in [0.29, 0.717) is 23.6 Å². The van der Waals surface area contributed by atoms with Gasteiger partial charge in [-0.1, -0.05) is 41.9 Å². The molecule has 0 unspecified atom stereocenters. The van der Waals surface area contributed by atoms with E-state index in [1.54, 1.807) is 6.07 Å². The second-order valence-corrected chi connectivity index (χ2v) is 4.57. The van der Waals surface area contributed by atoms with E-state index >= 15 is 0 Å². The van der Waals surface area contributed by atoms with Crippen LogP contribution in [0.3, 0.4) is 0 Å². The number of ketones is 1. The Labute approximate surface area is 111 Å². The lowest BCUT2D eigenvalue weighted by Gasteiger charge is -2.04. The third-order valence-electron chi connectivity index (χ3n) is 2.74. The number of Topliss-reactive ketones (excluding diaryl/α,β-unsaturated/α-hetero) is 1. The highest BCUT2D eigenvalue weighted by molar-refractivity contribution is 6.30. The molecule has 18 heavy (non-hydrogen) atoms. The fraction of sp³-hybridized carbons (Fsp3) is 0.133. The highest BCUT2D eigenvalue weighted by Crippen LogP contribution is 2.14. The third kappa shape index (κ3) is 3.19. The maximum absolute atomic E-state index is 12.1.